The fourth-order valence-corrected chi connectivity index (χ4v) is 3.69. The highest BCUT2D eigenvalue weighted by Crippen LogP contribution is 2.37. The summed E-state index contributed by atoms with van der Waals surface area (Å²) in [5.74, 6) is 0.340. The van der Waals surface area contributed by atoms with E-state index in [2.05, 4.69) is 60.4 Å². The van der Waals surface area contributed by atoms with Crippen LogP contribution < -0.4 is 4.90 Å². The lowest BCUT2D eigenvalue weighted by atomic mass is 9.90. The quantitative estimate of drug-likeness (QED) is 0.704. The van der Waals surface area contributed by atoms with Gasteiger partial charge in [-0.05, 0) is 48.2 Å². The van der Waals surface area contributed by atoms with Crippen LogP contribution in [0.25, 0.3) is 11.1 Å². The van der Waals surface area contributed by atoms with Crippen molar-refractivity contribution in [2.45, 2.75) is 19.4 Å². The Hall–Kier alpha value is -2.74. The maximum absolute atomic E-state index is 10.1. The van der Waals surface area contributed by atoms with Gasteiger partial charge in [-0.15, -0.1) is 0 Å². The van der Waals surface area contributed by atoms with E-state index in [0.29, 0.717) is 11.8 Å². The molecule has 4 rings (SSSR count). The van der Waals surface area contributed by atoms with Crippen molar-refractivity contribution in [3.8, 4) is 16.9 Å². The van der Waals surface area contributed by atoms with Crippen molar-refractivity contribution in [3.63, 3.8) is 0 Å². The molecule has 0 saturated carbocycles. The monoisotopic (exact) mass is 315 g/mol. The first-order valence-corrected chi connectivity index (χ1v) is 8.47. The van der Waals surface area contributed by atoms with E-state index in [-0.39, 0.29) is 0 Å². The minimum Gasteiger partial charge on any atom is -0.507 e. The fourth-order valence-electron chi connectivity index (χ4n) is 3.69. The molecular formula is C22H21NO. The molecular weight excluding hydrogens is 294 g/mol. The molecule has 1 unspecified atom stereocenters. The van der Waals surface area contributed by atoms with Gasteiger partial charge in [-0.2, -0.15) is 0 Å². The first-order chi connectivity index (χ1) is 11.7. The van der Waals surface area contributed by atoms with Gasteiger partial charge >= 0.3 is 0 Å². The van der Waals surface area contributed by atoms with Crippen LogP contribution in [-0.4, -0.2) is 11.7 Å². The summed E-state index contributed by atoms with van der Waals surface area (Å²) in [7, 11) is 0. The van der Waals surface area contributed by atoms with Crippen molar-refractivity contribution in [1.82, 2.24) is 0 Å². The smallest absolute Gasteiger partial charge is 0.123 e. The summed E-state index contributed by atoms with van der Waals surface area (Å²) in [6, 6.07) is 25.1. The van der Waals surface area contributed by atoms with E-state index in [0.717, 1.165) is 24.1 Å². The molecule has 0 aliphatic carbocycles. The molecule has 0 saturated heterocycles. The molecule has 1 atom stereocenters. The summed E-state index contributed by atoms with van der Waals surface area (Å²) in [6.45, 7) is 3.28. The molecule has 2 heteroatoms. The van der Waals surface area contributed by atoms with Gasteiger partial charge in [0, 0.05) is 17.8 Å². The highest BCUT2D eigenvalue weighted by molar-refractivity contribution is 5.71. The second-order valence-electron chi connectivity index (χ2n) is 6.39. The molecule has 3 aromatic carbocycles. The Kier molecular flexibility index (Phi) is 3.73. The summed E-state index contributed by atoms with van der Waals surface area (Å²) < 4.78 is 0. The molecule has 0 aromatic heterocycles. The van der Waals surface area contributed by atoms with Crippen LogP contribution in [0.15, 0.2) is 72.8 Å². The third-order valence-corrected chi connectivity index (χ3v) is 4.99. The van der Waals surface area contributed by atoms with Crippen molar-refractivity contribution < 1.29 is 5.11 Å². The molecule has 1 heterocycles. The third-order valence-electron chi connectivity index (χ3n) is 4.99. The second-order valence-corrected chi connectivity index (χ2v) is 6.39. The molecule has 3 aromatic rings. The second kappa shape index (κ2) is 6.04. The summed E-state index contributed by atoms with van der Waals surface area (Å²) in [6.07, 6.45) is 1.02. The number of hydrogen-bond acceptors (Lipinski definition) is 2. The normalized spacial score (nSPS) is 16.7. The lowest BCUT2D eigenvalue weighted by Gasteiger charge is -2.37. The van der Waals surface area contributed by atoms with Gasteiger partial charge in [-0.25, -0.2) is 0 Å². The van der Waals surface area contributed by atoms with Crippen LogP contribution in [-0.2, 0) is 6.42 Å². The van der Waals surface area contributed by atoms with Crippen molar-refractivity contribution in [1.29, 1.82) is 0 Å². The summed E-state index contributed by atoms with van der Waals surface area (Å²) in [5.41, 5.74) is 6.03. The minimum absolute atomic E-state index is 0.340. The maximum atomic E-state index is 10.1. The first kappa shape index (κ1) is 14.8. The molecule has 1 aliphatic heterocycles. The van der Waals surface area contributed by atoms with Crippen molar-refractivity contribution >= 4 is 5.69 Å². The van der Waals surface area contributed by atoms with Gasteiger partial charge in [0.25, 0.3) is 0 Å². The van der Waals surface area contributed by atoms with Crippen LogP contribution in [0.3, 0.4) is 0 Å². The first-order valence-electron chi connectivity index (χ1n) is 8.47. The zero-order valence-corrected chi connectivity index (χ0v) is 13.8. The number of phenolic OH excluding ortho intramolecular Hbond substituents is 1. The van der Waals surface area contributed by atoms with Gasteiger partial charge in [0.2, 0.25) is 0 Å². The van der Waals surface area contributed by atoms with E-state index >= 15 is 0 Å². The van der Waals surface area contributed by atoms with Gasteiger partial charge < -0.3 is 10.0 Å². The van der Waals surface area contributed by atoms with Crippen LogP contribution in [0, 0.1) is 0 Å². The molecule has 0 spiro atoms. The molecule has 1 N–H and O–H groups in total. The maximum Gasteiger partial charge on any atom is 0.123 e. The molecule has 2 nitrogen and oxygen atoms in total. The SMILES string of the molecule is CC1c2ccc(-c3ccccc3O)cc2CCN1c1ccccc1. The number of fused-ring (bicyclic) bond motifs is 1. The van der Waals surface area contributed by atoms with Crippen LogP contribution in [0.1, 0.15) is 24.1 Å². The number of hydrogen-bond donors (Lipinski definition) is 1. The highest BCUT2D eigenvalue weighted by Gasteiger charge is 2.24. The number of para-hydroxylation sites is 2. The number of anilines is 1. The van der Waals surface area contributed by atoms with Gasteiger partial charge in [0.1, 0.15) is 5.75 Å². The zero-order valence-electron chi connectivity index (χ0n) is 13.8. The molecule has 0 bridgehead atoms. The average molecular weight is 315 g/mol. The predicted molar refractivity (Wildman–Crippen MR) is 99.4 cm³/mol. The van der Waals surface area contributed by atoms with E-state index in [1.165, 1.54) is 16.8 Å². The Morgan fingerprint density at radius 3 is 2.46 bits per heavy atom. The Labute approximate surface area is 143 Å². The van der Waals surface area contributed by atoms with E-state index in [4.69, 9.17) is 0 Å². The molecule has 0 radical (unpaired) electrons. The van der Waals surface area contributed by atoms with Gasteiger partial charge in [0.15, 0.2) is 0 Å². The highest BCUT2D eigenvalue weighted by atomic mass is 16.3. The summed E-state index contributed by atoms with van der Waals surface area (Å²) in [5, 5.41) is 10.1. The number of aromatic hydroxyl groups is 1. The van der Waals surface area contributed by atoms with Crippen molar-refractivity contribution in [2.24, 2.45) is 0 Å². The Balaban J connectivity index is 1.70. The van der Waals surface area contributed by atoms with Gasteiger partial charge in [-0.1, -0.05) is 54.6 Å². The molecule has 24 heavy (non-hydrogen) atoms. The van der Waals surface area contributed by atoms with E-state index in [1.54, 1.807) is 6.07 Å². The predicted octanol–water partition coefficient (Wildman–Crippen LogP) is 5.18. The van der Waals surface area contributed by atoms with E-state index in [9.17, 15) is 5.11 Å². The number of rotatable bonds is 2. The van der Waals surface area contributed by atoms with Crippen molar-refractivity contribution in [2.75, 3.05) is 11.4 Å². The topological polar surface area (TPSA) is 23.5 Å². The number of phenols is 1. The van der Waals surface area contributed by atoms with Gasteiger partial charge in [0.05, 0.1) is 6.04 Å². The minimum atomic E-state index is 0.340. The van der Waals surface area contributed by atoms with Crippen LogP contribution >= 0.6 is 0 Å². The molecule has 1 aliphatic rings. The standard InChI is InChI=1S/C22H21NO/c1-16-20-12-11-17(21-9-5-6-10-22(21)24)15-18(20)13-14-23(16)19-7-3-2-4-8-19/h2-12,15-16,24H,13-14H2,1H3. The Morgan fingerprint density at radius 1 is 0.917 bits per heavy atom. The van der Waals surface area contributed by atoms with Crippen LogP contribution in [0.2, 0.25) is 0 Å². The van der Waals surface area contributed by atoms with Crippen molar-refractivity contribution in [3.05, 3.63) is 83.9 Å². The Bertz CT molecular complexity index is 857. The Morgan fingerprint density at radius 2 is 1.67 bits per heavy atom. The largest absolute Gasteiger partial charge is 0.507 e. The molecule has 120 valence electrons. The molecule has 0 amide bonds. The zero-order chi connectivity index (χ0) is 16.5. The average Bonchev–Trinajstić information content (AvgIpc) is 2.63. The lowest BCUT2D eigenvalue weighted by molar-refractivity contribution is 0.477. The third kappa shape index (κ3) is 2.54. The summed E-state index contributed by atoms with van der Waals surface area (Å²) >= 11 is 0. The van der Waals surface area contributed by atoms with E-state index < -0.39 is 0 Å². The van der Waals surface area contributed by atoms with Crippen LogP contribution in [0.4, 0.5) is 5.69 Å². The summed E-state index contributed by atoms with van der Waals surface area (Å²) in [4.78, 5) is 2.46. The van der Waals surface area contributed by atoms with E-state index in [1.807, 2.05) is 18.2 Å². The number of benzene rings is 3. The fraction of sp³-hybridized carbons (Fsp3) is 0.182. The van der Waals surface area contributed by atoms with Crippen LogP contribution in [0.5, 0.6) is 5.75 Å². The number of nitrogens with zero attached hydrogens (tertiary/aromatic N) is 1. The molecule has 0 fully saturated rings. The van der Waals surface area contributed by atoms with Gasteiger partial charge in [-0.3, -0.25) is 0 Å². The lowest BCUT2D eigenvalue weighted by Crippen LogP contribution is -2.33.